The summed E-state index contributed by atoms with van der Waals surface area (Å²) >= 11 is 1.36. The molecule has 7 rings (SSSR count). The minimum Gasteiger partial charge on any atom is -0.352 e. The Hall–Kier alpha value is -4.29. The fourth-order valence-corrected chi connectivity index (χ4v) is 7.16. The highest BCUT2D eigenvalue weighted by Gasteiger charge is 2.70. The van der Waals surface area contributed by atoms with Crippen molar-refractivity contribution in [3.8, 4) is 0 Å². The summed E-state index contributed by atoms with van der Waals surface area (Å²) in [4.78, 5) is 45.7. The zero-order valence-corrected chi connectivity index (χ0v) is 20.5. The number of fused-ring (bicyclic) bond motifs is 6. The summed E-state index contributed by atoms with van der Waals surface area (Å²) in [6.07, 6.45) is 4.01. The highest BCUT2D eigenvalue weighted by molar-refractivity contribution is 7.12. The molecule has 1 saturated heterocycles. The predicted octanol–water partition coefficient (Wildman–Crippen LogP) is 5.60. The van der Waals surface area contributed by atoms with Crippen LogP contribution in [-0.4, -0.2) is 29.6 Å². The van der Waals surface area contributed by atoms with E-state index in [4.69, 9.17) is 0 Å². The maximum atomic E-state index is 14.5. The largest absolute Gasteiger partial charge is 0.352 e. The first-order valence-corrected chi connectivity index (χ1v) is 13.1. The number of Topliss-reactive ketones (excluding diaryl/α,β-unsaturated/α-hetero) is 2. The Balaban J connectivity index is 1.55. The lowest BCUT2D eigenvalue weighted by Gasteiger charge is -2.37. The third kappa shape index (κ3) is 2.93. The van der Waals surface area contributed by atoms with Crippen LogP contribution in [0.5, 0.6) is 0 Å². The number of thiophene rings is 1. The molecule has 4 heterocycles. The van der Waals surface area contributed by atoms with Crippen LogP contribution in [0.1, 0.15) is 31.2 Å². The fraction of sp³-hybridized carbons (Fsp3) is 0.129. The van der Waals surface area contributed by atoms with Gasteiger partial charge in [-0.3, -0.25) is 14.4 Å². The van der Waals surface area contributed by atoms with Crippen molar-refractivity contribution in [2.24, 2.45) is 5.92 Å². The molecule has 1 aromatic heterocycles. The highest BCUT2D eigenvalue weighted by Crippen LogP contribution is 2.58. The van der Waals surface area contributed by atoms with Crippen LogP contribution in [0.15, 0.2) is 102 Å². The quantitative estimate of drug-likeness (QED) is 0.369. The van der Waals surface area contributed by atoms with Gasteiger partial charge in [0, 0.05) is 16.9 Å². The molecule has 180 valence electrons. The number of para-hydroxylation sites is 2. The molecule has 0 radical (unpaired) electrons. The SMILES string of the molecule is O=C(c1cccs1)[C@H]1[C@H](C(=O)c2ccccc2)[C@@]2(C(=O)Nc3ccccc32)[C@H]2C=Cc3ccccc3N12. The normalized spacial score (nSPS) is 24.9. The monoisotopic (exact) mass is 502 g/mol. The summed E-state index contributed by atoms with van der Waals surface area (Å²) in [5, 5.41) is 4.92. The molecule has 1 N–H and O–H groups in total. The van der Waals surface area contributed by atoms with E-state index in [-0.39, 0.29) is 17.5 Å². The zero-order chi connectivity index (χ0) is 25.1. The number of anilines is 2. The molecule has 3 aliphatic rings. The van der Waals surface area contributed by atoms with Crippen molar-refractivity contribution >= 4 is 46.3 Å². The Bertz CT molecular complexity index is 1590. The number of benzene rings is 3. The van der Waals surface area contributed by atoms with Crippen molar-refractivity contribution in [3.63, 3.8) is 0 Å². The van der Waals surface area contributed by atoms with E-state index >= 15 is 0 Å². The molecule has 0 unspecified atom stereocenters. The molecule has 6 heteroatoms. The van der Waals surface area contributed by atoms with Gasteiger partial charge in [0.2, 0.25) is 5.91 Å². The van der Waals surface area contributed by atoms with Gasteiger partial charge >= 0.3 is 0 Å². The Labute approximate surface area is 218 Å². The van der Waals surface area contributed by atoms with Crippen LogP contribution in [0.3, 0.4) is 0 Å². The van der Waals surface area contributed by atoms with Gasteiger partial charge in [-0.05, 0) is 34.7 Å². The van der Waals surface area contributed by atoms with Crippen LogP contribution in [0, 0.1) is 5.92 Å². The van der Waals surface area contributed by atoms with Crippen LogP contribution in [0.25, 0.3) is 6.08 Å². The number of ketones is 2. The van der Waals surface area contributed by atoms with Crippen LogP contribution >= 0.6 is 11.3 Å². The van der Waals surface area contributed by atoms with Gasteiger partial charge in [-0.2, -0.15) is 0 Å². The molecular weight excluding hydrogens is 480 g/mol. The standard InChI is InChI=1S/C31H22N2O3S/c34-28(20-10-2-1-3-11-20)26-27(29(35)24-15-8-18-37-24)33-23-14-7-4-9-19(23)16-17-25(33)31(26)21-12-5-6-13-22(21)32-30(31)36/h1-18,25-27H,(H,32,36)/t25-,26-,27-,31+/m1/s1. The molecule has 5 nitrogen and oxygen atoms in total. The molecule has 3 aliphatic heterocycles. The first-order valence-electron chi connectivity index (χ1n) is 12.3. The number of carbonyl (C=O) groups is 3. The van der Waals surface area contributed by atoms with Crippen molar-refractivity contribution < 1.29 is 14.4 Å². The first-order chi connectivity index (χ1) is 18.1. The molecule has 0 bridgehead atoms. The average molecular weight is 503 g/mol. The van der Waals surface area contributed by atoms with E-state index in [1.165, 1.54) is 11.3 Å². The van der Waals surface area contributed by atoms with E-state index in [2.05, 4.69) is 5.32 Å². The lowest BCUT2D eigenvalue weighted by atomic mass is 9.64. The molecule has 1 fully saturated rings. The third-order valence-electron chi connectivity index (χ3n) is 7.92. The maximum absolute atomic E-state index is 14.5. The van der Waals surface area contributed by atoms with Gasteiger partial charge in [0.25, 0.3) is 0 Å². The summed E-state index contributed by atoms with van der Waals surface area (Å²) in [6.45, 7) is 0. The lowest BCUT2D eigenvalue weighted by Crippen LogP contribution is -2.51. The summed E-state index contributed by atoms with van der Waals surface area (Å²) in [5.74, 6) is -1.53. The van der Waals surface area contributed by atoms with Crippen LogP contribution in [0.2, 0.25) is 0 Å². The molecule has 4 aromatic rings. The molecule has 37 heavy (non-hydrogen) atoms. The summed E-state index contributed by atoms with van der Waals surface area (Å²) in [7, 11) is 0. The van der Waals surface area contributed by atoms with Crippen LogP contribution < -0.4 is 10.2 Å². The average Bonchev–Trinajstić information content (AvgIpc) is 3.65. The van der Waals surface area contributed by atoms with Crippen LogP contribution in [0.4, 0.5) is 11.4 Å². The summed E-state index contributed by atoms with van der Waals surface area (Å²) in [6, 6.07) is 26.7. The topological polar surface area (TPSA) is 66.5 Å². The van der Waals surface area contributed by atoms with Crippen molar-refractivity contribution in [1.82, 2.24) is 0 Å². The molecule has 0 saturated carbocycles. The number of hydrogen-bond acceptors (Lipinski definition) is 5. The van der Waals surface area contributed by atoms with Crippen molar-refractivity contribution in [2.45, 2.75) is 17.5 Å². The fourth-order valence-electron chi connectivity index (χ4n) is 6.47. The van der Waals surface area contributed by atoms with Gasteiger partial charge in [0.05, 0.1) is 16.8 Å². The van der Waals surface area contributed by atoms with E-state index in [9.17, 15) is 14.4 Å². The van der Waals surface area contributed by atoms with E-state index in [0.717, 1.165) is 16.8 Å². The van der Waals surface area contributed by atoms with E-state index in [1.807, 2.05) is 95.2 Å². The number of amides is 1. The van der Waals surface area contributed by atoms with E-state index < -0.39 is 23.4 Å². The number of rotatable bonds is 4. The van der Waals surface area contributed by atoms with Crippen molar-refractivity contribution in [3.05, 3.63) is 124 Å². The van der Waals surface area contributed by atoms with Gasteiger partial charge in [0.15, 0.2) is 11.6 Å². The molecular formula is C31H22N2O3S. The Morgan fingerprint density at radius 2 is 1.59 bits per heavy atom. The first kappa shape index (κ1) is 21.9. The molecule has 4 atom stereocenters. The highest BCUT2D eigenvalue weighted by atomic mass is 32.1. The summed E-state index contributed by atoms with van der Waals surface area (Å²) < 4.78 is 0. The summed E-state index contributed by atoms with van der Waals surface area (Å²) in [5.41, 5.74) is 2.47. The molecule has 3 aromatic carbocycles. The maximum Gasteiger partial charge on any atom is 0.238 e. The van der Waals surface area contributed by atoms with Gasteiger partial charge in [0.1, 0.15) is 11.5 Å². The minimum absolute atomic E-state index is 0.145. The minimum atomic E-state index is -1.27. The molecule has 1 spiro atoms. The zero-order valence-electron chi connectivity index (χ0n) is 19.7. The Kier molecular flexibility index (Phi) is 4.81. The van der Waals surface area contributed by atoms with E-state index in [0.29, 0.717) is 16.1 Å². The number of nitrogens with one attached hydrogen (secondary N) is 1. The predicted molar refractivity (Wildman–Crippen MR) is 145 cm³/mol. The van der Waals surface area contributed by atoms with E-state index in [1.54, 1.807) is 18.2 Å². The number of hydrogen-bond donors (Lipinski definition) is 1. The van der Waals surface area contributed by atoms with Crippen LogP contribution in [-0.2, 0) is 10.2 Å². The second-order valence-corrected chi connectivity index (χ2v) is 10.6. The Morgan fingerprint density at radius 1 is 0.838 bits per heavy atom. The van der Waals surface area contributed by atoms with Gasteiger partial charge in [-0.1, -0.05) is 84.9 Å². The second kappa shape index (κ2) is 8.11. The second-order valence-electron chi connectivity index (χ2n) is 9.63. The van der Waals surface area contributed by atoms with Gasteiger partial charge < -0.3 is 10.2 Å². The number of carbonyl (C=O) groups excluding carboxylic acids is 3. The van der Waals surface area contributed by atoms with Crippen molar-refractivity contribution in [1.29, 1.82) is 0 Å². The smallest absolute Gasteiger partial charge is 0.238 e. The third-order valence-corrected chi connectivity index (χ3v) is 8.80. The Morgan fingerprint density at radius 3 is 2.41 bits per heavy atom. The lowest BCUT2D eigenvalue weighted by molar-refractivity contribution is -0.121. The molecule has 0 aliphatic carbocycles. The molecule has 1 amide bonds. The van der Waals surface area contributed by atoms with Crippen molar-refractivity contribution in [2.75, 3.05) is 10.2 Å². The van der Waals surface area contributed by atoms with Gasteiger partial charge in [-0.15, -0.1) is 11.3 Å². The number of nitrogens with zero attached hydrogens (tertiary/aromatic N) is 1. The van der Waals surface area contributed by atoms with Gasteiger partial charge in [-0.25, -0.2) is 0 Å².